The van der Waals surface area contributed by atoms with Crippen molar-refractivity contribution in [2.75, 3.05) is 0 Å². The first-order chi connectivity index (χ1) is 15.8. The van der Waals surface area contributed by atoms with E-state index in [1.54, 1.807) is 12.1 Å². The number of nitrogens with one attached hydrogen (secondary N) is 4. The van der Waals surface area contributed by atoms with Crippen molar-refractivity contribution in [3.63, 3.8) is 0 Å². The van der Waals surface area contributed by atoms with Gasteiger partial charge in [-0.1, -0.05) is 12.1 Å². The lowest BCUT2D eigenvalue weighted by Crippen LogP contribution is -2.56. The number of nitrogens with two attached hydrogens (primary N) is 1. The zero-order valence-electron chi connectivity index (χ0n) is 17.6. The molecule has 0 aliphatic carbocycles. The fraction of sp³-hybridized carbons (Fsp3) is 0.286. The van der Waals surface area contributed by atoms with Gasteiger partial charge in [-0.15, -0.1) is 0 Å². The lowest BCUT2D eigenvalue weighted by Gasteiger charge is -2.22. The van der Waals surface area contributed by atoms with Crippen molar-refractivity contribution in [1.82, 2.24) is 30.6 Å². The molecule has 3 rings (SSSR count). The average molecular weight is 455 g/mol. The first kappa shape index (κ1) is 23.5. The van der Waals surface area contributed by atoms with Gasteiger partial charge in [-0.2, -0.15) is 0 Å². The minimum atomic E-state index is -1.23. The summed E-state index contributed by atoms with van der Waals surface area (Å²) in [5, 5.41) is 24.0. The second-order valence-electron chi connectivity index (χ2n) is 7.50. The molecule has 0 bridgehead atoms. The molecular formula is C21H25N7O5. The Labute approximate surface area is 188 Å². The van der Waals surface area contributed by atoms with Crippen LogP contribution in [0.15, 0.2) is 49.3 Å². The third-order valence-corrected chi connectivity index (χ3v) is 4.93. The molecule has 0 aliphatic heterocycles. The summed E-state index contributed by atoms with van der Waals surface area (Å²) in [5.74, 6) is -2.39. The number of amides is 2. The van der Waals surface area contributed by atoms with Crippen LogP contribution in [0.25, 0.3) is 0 Å². The van der Waals surface area contributed by atoms with Crippen LogP contribution in [-0.2, 0) is 33.6 Å². The number of phenolic OH excluding ortho intramolecular Hbond substituents is 1. The van der Waals surface area contributed by atoms with E-state index >= 15 is 0 Å². The number of aromatic amines is 2. The quantitative estimate of drug-likeness (QED) is 0.196. The van der Waals surface area contributed by atoms with E-state index in [0.29, 0.717) is 11.4 Å². The highest BCUT2D eigenvalue weighted by Gasteiger charge is 2.29. The Morgan fingerprint density at radius 3 is 1.94 bits per heavy atom. The molecule has 0 spiro atoms. The molecule has 3 aromatic rings. The van der Waals surface area contributed by atoms with Gasteiger partial charge in [0.25, 0.3) is 0 Å². The first-order valence-electron chi connectivity index (χ1n) is 10.1. The van der Waals surface area contributed by atoms with Gasteiger partial charge in [0.1, 0.15) is 17.8 Å². The van der Waals surface area contributed by atoms with Gasteiger partial charge in [0.05, 0.1) is 18.7 Å². The number of H-pyrrole nitrogens is 2. The number of aromatic nitrogens is 4. The molecule has 8 N–H and O–H groups in total. The van der Waals surface area contributed by atoms with Crippen molar-refractivity contribution in [3.8, 4) is 5.75 Å². The molecule has 1 aromatic carbocycles. The van der Waals surface area contributed by atoms with Crippen molar-refractivity contribution in [3.05, 3.63) is 66.3 Å². The normalized spacial score (nSPS) is 13.6. The second-order valence-corrected chi connectivity index (χ2v) is 7.50. The SMILES string of the molecule is NC(Cc1ccc(O)cc1)C(=O)NC(Cc1cnc[nH]1)C(=O)NC(Cc1cnc[nH]1)C(=O)O. The van der Waals surface area contributed by atoms with Crippen molar-refractivity contribution in [2.45, 2.75) is 37.4 Å². The number of hydrogen-bond acceptors (Lipinski definition) is 7. The molecule has 3 atom stereocenters. The molecule has 0 saturated heterocycles. The minimum absolute atomic E-state index is 0.00777. The highest BCUT2D eigenvalue weighted by Crippen LogP contribution is 2.11. The number of hydrogen-bond donors (Lipinski definition) is 7. The fourth-order valence-corrected chi connectivity index (χ4v) is 3.17. The van der Waals surface area contributed by atoms with Crippen LogP contribution in [0.2, 0.25) is 0 Å². The summed E-state index contributed by atoms with van der Waals surface area (Å²) in [6, 6.07) is 2.97. The largest absolute Gasteiger partial charge is 0.508 e. The number of aliphatic carboxylic acids is 1. The van der Waals surface area contributed by atoms with E-state index < -0.39 is 35.9 Å². The van der Waals surface area contributed by atoms with Crippen LogP contribution < -0.4 is 16.4 Å². The number of nitrogens with zero attached hydrogens (tertiary/aromatic N) is 2. The number of imidazole rings is 2. The zero-order valence-corrected chi connectivity index (χ0v) is 17.6. The molecule has 2 heterocycles. The summed E-state index contributed by atoms with van der Waals surface area (Å²) in [6.07, 6.45) is 6.04. The van der Waals surface area contributed by atoms with Gasteiger partial charge >= 0.3 is 5.97 Å². The molecular weight excluding hydrogens is 430 g/mol. The van der Waals surface area contributed by atoms with Gasteiger partial charge in [-0.25, -0.2) is 14.8 Å². The monoisotopic (exact) mass is 455 g/mol. The summed E-state index contributed by atoms with van der Waals surface area (Å²) >= 11 is 0. The molecule has 12 heteroatoms. The van der Waals surface area contributed by atoms with Crippen LogP contribution in [0, 0.1) is 0 Å². The van der Waals surface area contributed by atoms with E-state index in [1.165, 1.54) is 37.2 Å². The van der Waals surface area contributed by atoms with Crippen LogP contribution in [0.5, 0.6) is 5.75 Å². The highest BCUT2D eigenvalue weighted by atomic mass is 16.4. The number of carbonyl (C=O) groups is 3. The smallest absolute Gasteiger partial charge is 0.326 e. The van der Waals surface area contributed by atoms with E-state index in [-0.39, 0.29) is 25.0 Å². The van der Waals surface area contributed by atoms with Gasteiger partial charge in [-0.3, -0.25) is 9.59 Å². The second kappa shape index (κ2) is 10.9. The van der Waals surface area contributed by atoms with Crippen LogP contribution >= 0.6 is 0 Å². The average Bonchev–Trinajstić information content (AvgIpc) is 3.48. The fourth-order valence-electron chi connectivity index (χ4n) is 3.17. The van der Waals surface area contributed by atoms with Crippen LogP contribution in [-0.4, -0.2) is 66.1 Å². The Bertz CT molecular complexity index is 1050. The van der Waals surface area contributed by atoms with E-state index in [4.69, 9.17) is 5.73 Å². The summed E-state index contributed by atoms with van der Waals surface area (Å²) in [5.41, 5.74) is 7.86. The maximum Gasteiger partial charge on any atom is 0.326 e. The van der Waals surface area contributed by atoms with Crippen LogP contribution in [0.3, 0.4) is 0 Å². The highest BCUT2D eigenvalue weighted by molar-refractivity contribution is 5.92. The Balaban J connectivity index is 1.68. The van der Waals surface area contributed by atoms with Gasteiger partial charge in [0, 0.05) is 36.6 Å². The number of carbonyl (C=O) groups excluding carboxylic acids is 2. The number of rotatable bonds is 11. The number of carboxylic acids is 1. The van der Waals surface area contributed by atoms with Gasteiger partial charge in [0.2, 0.25) is 11.8 Å². The Hall–Kier alpha value is -4.19. The molecule has 2 aromatic heterocycles. The molecule has 2 amide bonds. The predicted molar refractivity (Wildman–Crippen MR) is 116 cm³/mol. The molecule has 174 valence electrons. The van der Waals surface area contributed by atoms with Crippen LogP contribution in [0.4, 0.5) is 0 Å². The standard InChI is InChI=1S/C21H25N7O5/c22-16(5-12-1-3-15(29)4-2-12)19(30)27-17(6-13-8-23-10-25-13)20(31)28-18(21(32)33)7-14-9-24-11-26-14/h1-4,8-11,16-18,29H,5-7,22H2,(H,23,25)(H,24,26)(H,27,30)(H,28,31)(H,32,33). The zero-order chi connectivity index (χ0) is 23.8. The number of benzene rings is 1. The predicted octanol–water partition coefficient (Wildman–Crippen LogP) is -0.752. The van der Waals surface area contributed by atoms with E-state index in [1.807, 2.05) is 0 Å². The van der Waals surface area contributed by atoms with Gasteiger partial charge in [0.15, 0.2) is 0 Å². The van der Waals surface area contributed by atoms with Crippen LogP contribution in [0.1, 0.15) is 17.0 Å². The minimum Gasteiger partial charge on any atom is -0.508 e. The molecule has 0 radical (unpaired) electrons. The Morgan fingerprint density at radius 1 is 0.879 bits per heavy atom. The lowest BCUT2D eigenvalue weighted by atomic mass is 10.0. The van der Waals surface area contributed by atoms with Crippen molar-refractivity contribution < 1.29 is 24.6 Å². The van der Waals surface area contributed by atoms with E-state index in [0.717, 1.165) is 5.56 Å². The number of aromatic hydroxyl groups is 1. The van der Waals surface area contributed by atoms with Crippen molar-refractivity contribution in [2.24, 2.45) is 5.73 Å². The molecule has 0 saturated carbocycles. The Kier molecular flexibility index (Phi) is 7.76. The van der Waals surface area contributed by atoms with E-state index in [9.17, 15) is 24.6 Å². The topological polar surface area (TPSA) is 199 Å². The van der Waals surface area contributed by atoms with Gasteiger partial charge in [-0.05, 0) is 24.1 Å². The number of phenols is 1. The summed E-state index contributed by atoms with van der Waals surface area (Å²) in [4.78, 5) is 50.7. The first-order valence-corrected chi connectivity index (χ1v) is 10.1. The van der Waals surface area contributed by atoms with E-state index in [2.05, 4.69) is 30.6 Å². The third-order valence-electron chi connectivity index (χ3n) is 4.93. The maximum atomic E-state index is 12.9. The number of carboxylic acid groups (broad SMARTS) is 1. The molecule has 0 aliphatic rings. The molecule has 0 fully saturated rings. The molecule has 3 unspecified atom stereocenters. The Morgan fingerprint density at radius 2 is 1.42 bits per heavy atom. The maximum absolute atomic E-state index is 12.9. The summed E-state index contributed by atoms with van der Waals surface area (Å²) in [7, 11) is 0. The summed E-state index contributed by atoms with van der Waals surface area (Å²) < 4.78 is 0. The van der Waals surface area contributed by atoms with Crippen molar-refractivity contribution >= 4 is 17.8 Å². The molecule has 33 heavy (non-hydrogen) atoms. The third kappa shape index (κ3) is 6.90. The van der Waals surface area contributed by atoms with Crippen molar-refractivity contribution in [1.29, 1.82) is 0 Å². The van der Waals surface area contributed by atoms with Gasteiger partial charge < -0.3 is 36.5 Å². The summed E-state index contributed by atoms with van der Waals surface area (Å²) in [6.45, 7) is 0. The lowest BCUT2D eigenvalue weighted by molar-refractivity contribution is -0.142. The molecule has 12 nitrogen and oxygen atoms in total.